The summed E-state index contributed by atoms with van der Waals surface area (Å²) >= 11 is 12.6. The Balaban J connectivity index is 1.47. The number of hydrogen-bond donors (Lipinski definition) is 2. The molecule has 4 rings (SSSR count). The van der Waals surface area contributed by atoms with Gasteiger partial charge in [0.1, 0.15) is 5.57 Å². The molecule has 3 aromatic carbocycles. The summed E-state index contributed by atoms with van der Waals surface area (Å²) in [5, 5.41) is 4.20. The van der Waals surface area contributed by atoms with Crippen LogP contribution in [0.15, 0.2) is 72.3 Å². The van der Waals surface area contributed by atoms with Gasteiger partial charge in [0.15, 0.2) is 12.4 Å². The van der Waals surface area contributed by atoms with Crippen molar-refractivity contribution in [3.05, 3.63) is 93.5 Å². The number of para-hydroxylation sites is 2. The molecule has 0 aliphatic carbocycles. The van der Waals surface area contributed by atoms with Crippen LogP contribution in [0.25, 0.3) is 6.08 Å². The normalized spacial score (nSPS) is 14.3. The second kappa shape index (κ2) is 9.99. The van der Waals surface area contributed by atoms with E-state index >= 15 is 0 Å². The summed E-state index contributed by atoms with van der Waals surface area (Å²) in [6.07, 6.45) is 1.40. The van der Waals surface area contributed by atoms with Crippen LogP contribution in [0.1, 0.15) is 11.1 Å². The number of amides is 3. The molecule has 1 aliphatic rings. The number of rotatable bonds is 6. The van der Waals surface area contributed by atoms with Crippen molar-refractivity contribution in [3.63, 3.8) is 0 Å². The molecular formula is C25H19Cl2N3O4. The molecule has 1 heterocycles. The lowest BCUT2D eigenvalue weighted by molar-refractivity contribution is -0.118. The Kier molecular flexibility index (Phi) is 6.86. The molecule has 1 fully saturated rings. The Hall–Kier alpha value is -3.81. The highest BCUT2D eigenvalue weighted by Crippen LogP contribution is 2.35. The summed E-state index contributed by atoms with van der Waals surface area (Å²) in [7, 11) is 0. The molecule has 0 saturated carbocycles. The maximum atomic E-state index is 12.7. The highest BCUT2D eigenvalue weighted by molar-refractivity contribution is 6.37. The monoisotopic (exact) mass is 495 g/mol. The first-order valence-electron chi connectivity index (χ1n) is 10.2. The molecule has 0 radical (unpaired) electrons. The molecular weight excluding hydrogens is 477 g/mol. The Morgan fingerprint density at radius 3 is 2.35 bits per heavy atom. The number of anilines is 2. The summed E-state index contributed by atoms with van der Waals surface area (Å²) in [5.74, 6) is -1.30. The molecule has 172 valence electrons. The van der Waals surface area contributed by atoms with E-state index in [0.29, 0.717) is 16.9 Å². The van der Waals surface area contributed by atoms with Gasteiger partial charge in [0.05, 0.1) is 15.7 Å². The maximum Gasteiger partial charge on any atom is 0.282 e. The van der Waals surface area contributed by atoms with Crippen LogP contribution in [-0.2, 0) is 14.4 Å². The molecule has 9 heteroatoms. The van der Waals surface area contributed by atoms with Crippen molar-refractivity contribution in [3.8, 4) is 5.75 Å². The van der Waals surface area contributed by atoms with Gasteiger partial charge in [-0.3, -0.25) is 19.8 Å². The third-order valence-corrected chi connectivity index (χ3v) is 5.57. The van der Waals surface area contributed by atoms with Gasteiger partial charge in [-0.15, -0.1) is 0 Å². The summed E-state index contributed by atoms with van der Waals surface area (Å²) in [5.41, 5.74) is 5.02. The average Bonchev–Trinajstić information content (AvgIpc) is 3.09. The van der Waals surface area contributed by atoms with Gasteiger partial charge >= 0.3 is 0 Å². The number of ether oxygens (including phenoxy) is 1. The molecule has 7 nitrogen and oxygen atoms in total. The number of halogens is 2. The molecule has 1 saturated heterocycles. The van der Waals surface area contributed by atoms with Crippen molar-refractivity contribution >= 4 is 58.4 Å². The van der Waals surface area contributed by atoms with E-state index in [-0.39, 0.29) is 33.9 Å². The second-order valence-electron chi connectivity index (χ2n) is 7.44. The zero-order valence-corrected chi connectivity index (χ0v) is 19.5. The van der Waals surface area contributed by atoms with Crippen LogP contribution in [0.5, 0.6) is 5.75 Å². The van der Waals surface area contributed by atoms with Crippen molar-refractivity contribution < 1.29 is 19.1 Å². The summed E-state index contributed by atoms with van der Waals surface area (Å²) in [4.78, 5) is 37.4. The van der Waals surface area contributed by atoms with Crippen molar-refractivity contribution in [1.29, 1.82) is 0 Å². The van der Waals surface area contributed by atoms with Crippen molar-refractivity contribution in [2.75, 3.05) is 16.9 Å². The number of hydrazine groups is 1. The molecule has 0 aromatic heterocycles. The third kappa shape index (κ3) is 5.06. The Labute approximate surface area is 205 Å². The first-order valence-corrected chi connectivity index (χ1v) is 11.0. The number of aryl methyl sites for hydroxylation is 1. The van der Waals surface area contributed by atoms with Gasteiger partial charge in [0, 0.05) is 5.69 Å². The molecule has 1 aliphatic heterocycles. The fourth-order valence-electron chi connectivity index (χ4n) is 3.32. The minimum Gasteiger partial charge on any atom is -0.481 e. The number of carbonyl (C=O) groups excluding carboxylic acids is 3. The molecule has 0 unspecified atom stereocenters. The predicted molar refractivity (Wildman–Crippen MR) is 132 cm³/mol. The zero-order chi connectivity index (χ0) is 24.2. The smallest absolute Gasteiger partial charge is 0.282 e. The fraction of sp³-hybridized carbons (Fsp3) is 0.0800. The van der Waals surface area contributed by atoms with E-state index in [4.69, 9.17) is 27.9 Å². The van der Waals surface area contributed by atoms with Crippen LogP contribution in [0, 0.1) is 6.92 Å². The number of nitrogens with one attached hydrogen (secondary N) is 2. The SMILES string of the molecule is Cc1ccccc1NC(=O)COc1c(Cl)cc(/C=C2/C(=O)NN(c3ccccc3)C2=O)cc1Cl. The number of hydrogen-bond acceptors (Lipinski definition) is 4. The van der Waals surface area contributed by atoms with Crippen LogP contribution < -0.4 is 20.5 Å². The standard InChI is InChI=1S/C25H19Cl2N3O4/c1-15-7-5-6-10-21(15)28-22(31)14-34-23-19(26)12-16(13-20(23)27)11-18-24(32)29-30(25(18)33)17-8-3-2-4-9-17/h2-13H,14H2,1H3,(H,28,31)(H,29,32)/b18-11-. The third-order valence-electron chi connectivity index (χ3n) is 5.00. The van der Waals surface area contributed by atoms with E-state index in [1.54, 1.807) is 30.3 Å². The molecule has 0 bridgehead atoms. The highest BCUT2D eigenvalue weighted by atomic mass is 35.5. The predicted octanol–water partition coefficient (Wildman–Crippen LogP) is 4.78. The van der Waals surface area contributed by atoms with E-state index in [9.17, 15) is 14.4 Å². The first-order chi connectivity index (χ1) is 16.3. The van der Waals surface area contributed by atoms with Crippen molar-refractivity contribution in [1.82, 2.24) is 5.43 Å². The summed E-state index contributed by atoms with van der Waals surface area (Å²) < 4.78 is 5.53. The van der Waals surface area contributed by atoms with E-state index in [0.717, 1.165) is 5.56 Å². The zero-order valence-electron chi connectivity index (χ0n) is 18.0. The van der Waals surface area contributed by atoms with Crippen LogP contribution in [0.2, 0.25) is 10.0 Å². The maximum absolute atomic E-state index is 12.7. The average molecular weight is 496 g/mol. The topological polar surface area (TPSA) is 87.7 Å². The highest BCUT2D eigenvalue weighted by Gasteiger charge is 2.34. The van der Waals surface area contributed by atoms with Crippen LogP contribution in [-0.4, -0.2) is 24.3 Å². The minimum atomic E-state index is -0.547. The minimum absolute atomic E-state index is 0.0673. The molecule has 3 aromatic rings. The second-order valence-corrected chi connectivity index (χ2v) is 8.25. The Morgan fingerprint density at radius 2 is 1.68 bits per heavy atom. The van der Waals surface area contributed by atoms with Crippen LogP contribution in [0.4, 0.5) is 11.4 Å². The van der Waals surface area contributed by atoms with E-state index < -0.39 is 11.8 Å². The van der Waals surface area contributed by atoms with Crippen molar-refractivity contribution in [2.45, 2.75) is 6.92 Å². The Morgan fingerprint density at radius 1 is 1.03 bits per heavy atom. The quantitative estimate of drug-likeness (QED) is 0.380. The van der Waals surface area contributed by atoms with Gasteiger partial charge in [-0.05, 0) is 54.5 Å². The van der Waals surface area contributed by atoms with E-state index in [2.05, 4.69) is 10.7 Å². The van der Waals surface area contributed by atoms with Gasteiger partial charge < -0.3 is 10.1 Å². The largest absolute Gasteiger partial charge is 0.481 e. The summed E-state index contributed by atoms with van der Waals surface area (Å²) in [6, 6.07) is 19.1. The number of carbonyl (C=O) groups is 3. The Bertz CT molecular complexity index is 1290. The molecule has 0 spiro atoms. The lowest BCUT2D eigenvalue weighted by Crippen LogP contribution is -2.35. The molecule has 2 N–H and O–H groups in total. The van der Waals surface area contributed by atoms with Gasteiger partial charge in [0.25, 0.3) is 17.7 Å². The first kappa shape index (κ1) is 23.4. The lowest BCUT2D eigenvalue weighted by atomic mass is 10.1. The molecule has 0 atom stereocenters. The van der Waals surface area contributed by atoms with Gasteiger partial charge in [0.2, 0.25) is 0 Å². The number of nitrogens with zero attached hydrogens (tertiary/aromatic N) is 1. The molecule has 34 heavy (non-hydrogen) atoms. The van der Waals surface area contributed by atoms with Crippen LogP contribution in [0.3, 0.4) is 0 Å². The van der Waals surface area contributed by atoms with Gasteiger partial charge in [-0.25, -0.2) is 5.01 Å². The lowest BCUT2D eigenvalue weighted by Gasteiger charge is -2.14. The van der Waals surface area contributed by atoms with E-state index in [1.807, 2.05) is 31.2 Å². The molecule has 3 amide bonds. The van der Waals surface area contributed by atoms with Crippen LogP contribution >= 0.6 is 23.2 Å². The summed E-state index contributed by atoms with van der Waals surface area (Å²) in [6.45, 7) is 1.58. The van der Waals surface area contributed by atoms with Crippen molar-refractivity contribution in [2.24, 2.45) is 0 Å². The fourth-order valence-corrected chi connectivity index (χ4v) is 3.93. The van der Waals surface area contributed by atoms with Gasteiger partial charge in [-0.1, -0.05) is 59.6 Å². The number of benzene rings is 3. The van der Waals surface area contributed by atoms with Gasteiger partial charge in [-0.2, -0.15) is 0 Å². The van der Waals surface area contributed by atoms with E-state index in [1.165, 1.54) is 23.2 Å².